The molecule has 3 aromatic rings. The molecule has 2 aliphatic heterocycles. The average molecular weight is 519 g/mol. The second kappa shape index (κ2) is 7.91. The Morgan fingerprint density at radius 1 is 0.944 bits per heavy atom. The van der Waals surface area contributed by atoms with Crippen molar-refractivity contribution in [2.75, 3.05) is 6.54 Å². The van der Waals surface area contributed by atoms with Gasteiger partial charge < -0.3 is 10.1 Å². The number of fused-ring (bicyclic) bond motifs is 9. The van der Waals surface area contributed by atoms with Crippen LogP contribution in [0.3, 0.4) is 0 Å². The third-order valence-corrected chi connectivity index (χ3v) is 11.1. The number of thiazole rings is 1. The largest absolute Gasteiger partial charge is 0.480 e. The zero-order valence-electron chi connectivity index (χ0n) is 19.0. The number of amides is 2. The molecule has 0 unspecified atom stereocenters. The summed E-state index contributed by atoms with van der Waals surface area (Å²) >= 11 is 2.87. The molecule has 7 rings (SSSR count). The molecule has 7 nitrogen and oxygen atoms in total. The molecule has 9 heteroatoms. The highest BCUT2D eigenvalue weighted by Crippen LogP contribution is 2.68. The number of benzene rings is 2. The van der Waals surface area contributed by atoms with Crippen molar-refractivity contribution in [3.8, 4) is 11.1 Å². The maximum Gasteiger partial charge on any atom is 0.323 e. The van der Waals surface area contributed by atoms with Gasteiger partial charge in [0.1, 0.15) is 6.54 Å². The van der Waals surface area contributed by atoms with E-state index in [2.05, 4.69) is 41.4 Å². The van der Waals surface area contributed by atoms with Crippen LogP contribution in [0.4, 0.5) is 0 Å². The van der Waals surface area contributed by atoms with Crippen LogP contribution in [-0.4, -0.2) is 44.6 Å². The van der Waals surface area contributed by atoms with Gasteiger partial charge in [-0.25, -0.2) is 0 Å². The lowest BCUT2D eigenvalue weighted by Crippen LogP contribution is -2.42. The van der Waals surface area contributed by atoms with E-state index in [-0.39, 0.29) is 45.6 Å². The summed E-state index contributed by atoms with van der Waals surface area (Å²) in [6.45, 7) is -0.572. The number of hydrogen-bond donors (Lipinski definition) is 2. The number of aromatic nitrogens is 1. The number of carbonyl (C=O) groups excluding carboxylic acids is 2. The van der Waals surface area contributed by atoms with Crippen LogP contribution >= 0.6 is 23.1 Å². The Morgan fingerprint density at radius 3 is 2.31 bits per heavy atom. The first-order valence-electron chi connectivity index (χ1n) is 12.0. The average Bonchev–Trinajstić information content (AvgIpc) is 3.60. The van der Waals surface area contributed by atoms with Crippen LogP contribution in [0.25, 0.3) is 11.1 Å². The fourth-order valence-corrected chi connectivity index (χ4v) is 10.1. The zero-order valence-corrected chi connectivity index (χ0v) is 20.6. The molecule has 2 N–H and O–H groups in total. The Bertz CT molecular complexity index is 1460. The summed E-state index contributed by atoms with van der Waals surface area (Å²) in [5.41, 5.74) is 3.34. The van der Waals surface area contributed by atoms with Crippen molar-refractivity contribution in [2.24, 2.45) is 29.6 Å². The third-order valence-electron chi connectivity index (χ3n) is 8.49. The lowest BCUT2D eigenvalue weighted by atomic mass is 9.68. The maximum atomic E-state index is 13.3. The molecule has 0 spiro atoms. The Balaban J connectivity index is 1.29. The minimum atomic E-state index is -1.17. The number of imide groups is 1. The van der Waals surface area contributed by atoms with E-state index < -0.39 is 24.3 Å². The van der Waals surface area contributed by atoms with E-state index in [1.165, 1.54) is 11.3 Å². The second-order valence-corrected chi connectivity index (χ2v) is 12.3. The van der Waals surface area contributed by atoms with E-state index in [9.17, 15) is 24.3 Å². The summed E-state index contributed by atoms with van der Waals surface area (Å²) < 4.78 is 0. The second-order valence-electron chi connectivity index (χ2n) is 10.1. The Kier molecular flexibility index (Phi) is 4.85. The van der Waals surface area contributed by atoms with Gasteiger partial charge in [0, 0.05) is 16.0 Å². The van der Waals surface area contributed by atoms with Crippen molar-refractivity contribution in [1.82, 2.24) is 9.88 Å². The van der Waals surface area contributed by atoms with Gasteiger partial charge in [0.05, 0.1) is 16.9 Å². The number of rotatable bonds is 4. The minimum Gasteiger partial charge on any atom is -0.480 e. The van der Waals surface area contributed by atoms with Crippen LogP contribution in [0.15, 0.2) is 64.4 Å². The minimum absolute atomic E-state index is 0.00658. The summed E-state index contributed by atoms with van der Waals surface area (Å²) in [6.07, 6.45) is 0.786. The molecule has 0 radical (unpaired) electrons. The first-order valence-corrected chi connectivity index (χ1v) is 13.7. The molecule has 2 bridgehead atoms. The topological polar surface area (TPSA) is 108 Å². The number of H-pyrrole nitrogens is 1. The molecule has 2 saturated carbocycles. The van der Waals surface area contributed by atoms with Crippen molar-refractivity contribution >= 4 is 40.9 Å². The van der Waals surface area contributed by atoms with Crippen LogP contribution < -0.4 is 4.87 Å². The first kappa shape index (κ1) is 22.1. The number of likely N-dealkylation sites (tertiary alicyclic amines) is 1. The number of hydrogen-bond acceptors (Lipinski definition) is 6. The Hall–Kier alpha value is -3.17. The SMILES string of the molecule is O=C(O)CN1C(=O)[C@@H]2[C@H]3C[C@@H]([C@@H]2C1=O)[C@@H]1[C@H](c2ccc(-c4ccccc4)cc2)c2sc(=O)[nH]c2S[C@H]31. The predicted octanol–water partition coefficient (Wildman–Crippen LogP) is 3.66. The van der Waals surface area contributed by atoms with Gasteiger partial charge in [-0.1, -0.05) is 65.9 Å². The molecule has 3 heterocycles. The Morgan fingerprint density at radius 2 is 1.61 bits per heavy atom. The van der Waals surface area contributed by atoms with Gasteiger partial charge in [0.25, 0.3) is 0 Å². The number of carboxylic acid groups (broad SMARTS) is 1. The summed E-state index contributed by atoms with van der Waals surface area (Å²) in [7, 11) is 0. The molecular weight excluding hydrogens is 496 g/mol. The lowest BCUT2D eigenvalue weighted by Gasteiger charge is -2.43. The number of carboxylic acids is 1. The molecule has 4 aliphatic rings. The molecule has 182 valence electrons. The van der Waals surface area contributed by atoms with Crippen LogP contribution in [0.1, 0.15) is 22.8 Å². The van der Waals surface area contributed by atoms with Crippen molar-refractivity contribution < 1.29 is 19.5 Å². The van der Waals surface area contributed by atoms with Gasteiger partial charge in [-0.15, -0.1) is 11.8 Å². The van der Waals surface area contributed by atoms with Crippen LogP contribution in [-0.2, 0) is 14.4 Å². The van der Waals surface area contributed by atoms with E-state index in [1.807, 2.05) is 18.2 Å². The maximum absolute atomic E-state index is 13.3. The van der Waals surface area contributed by atoms with Crippen molar-refractivity contribution in [3.05, 3.63) is 74.7 Å². The summed E-state index contributed by atoms with van der Waals surface area (Å²) in [4.78, 5) is 55.0. The number of thioether (sulfide) groups is 1. The standard InChI is InChI=1S/C27H22N2O5S2/c30-17(31)11-29-25(32)20-15-10-16(21(20)26(29)33)22-19(15)18(23-24(35-22)28-27(34)36-23)14-8-6-13(7-9-14)12-4-2-1-3-5-12/h1-9,15-16,18-22H,10-11H2,(H,28,34)(H,30,31)/t15-,16-,18+,19-,20+,21-,22-/m1/s1. The van der Waals surface area contributed by atoms with E-state index in [4.69, 9.17) is 0 Å². The third kappa shape index (κ3) is 3.05. The number of nitrogens with zero attached hydrogens (tertiary/aromatic N) is 1. The molecular formula is C27H22N2O5S2. The molecule has 7 atom stereocenters. The van der Waals surface area contributed by atoms with Gasteiger partial charge in [-0.3, -0.25) is 24.1 Å². The number of nitrogens with one attached hydrogen (secondary N) is 1. The number of aromatic amines is 1. The van der Waals surface area contributed by atoms with E-state index >= 15 is 0 Å². The van der Waals surface area contributed by atoms with Gasteiger partial charge >= 0.3 is 10.8 Å². The molecule has 3 fully saturated rings. The highest BCUT2D eigenvalue weighted by molar-refractivity contribution is 8.00. The van der Waals surface area contributed by atoms with Crippen LogP contribution in [0.2, 0.25) is 0 Å². The fraction of sp³-hybridized carbons (Fsp3) is 0.333. The highest BCUT2D eigenvalue weighted by Gasteiger charge is 2.69. The zero-order chi connectivity index (χ0) is 24.7. The van der Waals surface area contributed by atoms with Gasteiger partial charge in [0.15, 0.2) is 0 Å². The van der Waals surface area contributed by atoms with E-state index in [0.29, 0.717) is 0 Å². The summed E-state index contributed by atoms with van der Waals surface area (Å²) in [6, 6.07) is 18.6. The van der Waals surface area contributed by atoms with Gasteiger partial charge in [-0.05, 0) is 40.9 Å². The smallest absolute Gasteiger partial charge is 0.323 e. The van der Waals surface area contributed by atoms with Crippen LogP contribution in [0, 0.1) is 29.6 Å². The molecule has 1 aromatic heterocycles. The molecule has 2 aromatic carbocycles. The number of carbonyl (C=O) groups is 3. The lowest BCUT2D eigenvalue weighted by molar-refractivity contribution is -0.149. The highest BCUT2D eigenvalue weighted by atomic mass is 32.2. The van der Waals surface area contributed by atoms with E-state index in [1.54, 1.807) is 11.8 Å². The molecule has 2 amide bonds. The number of aliphatic carboxylic acids is 1. The van der Waals surface area contributed by atoms with Gasteiger partial charge in [0.2, 0.25) is 11.8 Å². The summed E-state index contributed by atoms with van der Waals surface area (Å²) in [5.74, 6) is -2.74. The first-order chi connectivity index (χ1) is 17.4. The summed E-state index contributed by atoms with van der Waals surface area (Å²) in [5, 5.41) is 10.2. The normalized spacial score (nSPS) is 31.9. The monoisotopic (exact) mass is 518 g/mol. The molecule has 36 heavy (non-hydrogen) atoms. The van der Waals surface area contributed by atoms with E-state index in [0.717, 1.165) is 37.9 Å². The van der Waals surface area contributed by atoms with Crippen molar-refractivity contribution in [1.29, 1.82) is 0 Å². The quantitative estimate of drug-likeness (QED) is 0.511. The van der Waals surface area contributed by atoms with Gasteiger partial charge in [-0.2, -0.15) is 0 Å². The van der Waals surface area contributed by atoms with Crippen molar-refractivity contribution in [2.45, 2.75) is 22.6 Å². The van der Waals surface area contributed by atoms with Crippen LogP contribution in [0.5, 0.6) is 0 Å². The van der Waals surface area contributed by atoms with Crippen molar-refractivity contribution in [3.63, 3.8) is 0 Å². The molecule has 2 aliphatic carbocycles. The molecule has 1 saturated heterocycles. The predicted molar refractivity (Wildman–Crippen MR) is 135 cm³/mol. The Labute approximate surface area is 214 Å². The fourth-order valence-electron chi connectivity index (χ4n) is 7.26.